The number of hydrogen-bond donors (Lipinski definition) is 1. The van der Waals surface area contributed by atoms with E-state index in [9.17, 15) is 22.4 Å². The fourth-order valence-electron chi connectivity index (χ4n) is 8.13. The van der Waals surface area contributed by atoms with Crippen molar-refractivity contribution in [3.8, 4) is 6.01 Å². The van der Waals surface area contributed by atoms with Crippen LogP contribution in [0.4, 0.5) is 29.1 Å². The van der Waals surface area contributed by atoms with Gasteiger partial charge in [-0.1, -0.05) is 0 Å². The van der Waals surface area contributed by atoms with Gasteiger partial charge in [0.2, 0.25) is 0 Å². The summed E-state index contributed by atoms with van der Waals surface area (Å²) in [5.74, 6) is 0.381. The van der Waals surface area contributed by atoms with Crippen LogP contribution >= 0.6 is 0 Å². The van der Waals surface area contributed by atoms with Gasteiger partial charge in [0.25, 0.3) is 5.91 Å². The fraction of sp³-hybridized carbons (Fsp3) is 0.543. The van der Waals surface area contributed by atoms with Crippen molar-refractivity contribution < 1.29 is 31.8 Å². The van der Waals surface area contributed by atoms with E-state index < -0.39 is 17.8 Å². The Morgan fingerprint density at radius 3 is 2.70 bits per heavy atom. The van der Waals surface area contributed by atoms with E-state index in [0.717, 1.165) is 36.2 Å². The van der Waals surface area contributed by atoms with E-state index in [0.29, 0.717) is 68.1 Å². The summed E-state index contributed by atoms with van der Waals surface area (Å²) in [6.45, 7) is 6.48. The molecular weight excluding hydrogens is 656 g/mol. The van der Waals surface area contributed by atoms with Gasteiger partial charge in [-0.15, -0.1) is 0 Å². The summed E-state index contributed by atoms with van der Waals surface area (Å²) in [5, 5.41) is 4.65. The number of carbonyl (C=O) groups excluding carboxylic acids is 1. The number of aromatic nitrogens is 4. The third-order valence-corrected chi connectivity index (χ3v) is 10.6. The van der Waals surface area contributed by atoms with Crippen LogP contribution in [-0.4, -0.2) is 81.3 Å². The Morgan fingerprint density at radius 2 is 1.96 bits per heavy atom. The second kappa shape index (κ2) is 12.8. The zero-order chi connectivity index (χ0) is 35.5. The molecule has 0 spiro atoms. The van der Waals surface area contributed by atoms with E-state index in [1.807, 2.05) is 11.6 Å². The number of nitrogen functional groups attached to an aromatic ring is 1. The van der Waals surface area contributed by atoms with Gasteiger partial charge in [0.15, 0.2) is 5.69 Å². The lowest BCUT2D eigenvalue weighted by Gasteiger charge is -2.33. The smallest absolute Gasteiger partial charge is 0.417 e. The summed E-state index contributed by atoms with van der Waals surface area (Å²) < 4.78 is 71.1. The zero-order valence-corrected chi connectivity index (χ0v) is 28.7. The molecule has 15 heteroatoms. The monoisotopic (exact) mass is 698 g/mol. The van der Waals surface area contributed by atoms with Gasteiger partial charge in [-0.25, -0.2) is 4.39 Å². The van der Waals surface area contributed by atoms with Crippen molar-refractivity contribution in [1.82, 2.24) is 29.5 Å². The predicted octanol–water partition coefficient (Wildman–Crippen LogP) is 5.29. The first-order chi connectivity index (χ1) is 23.8. The minimum absolute atomic E-state index is 0.0246. The number of hydrogen-bond acceptors (Lipinski definition) is 9. The highest BCUT2D eigenvalue weighted by atomic mass is 19.4. The minimum atomic E-state index is -4.61. The molecule has 2 N–H and O–H groups in total. The van der Waals surface area contributed by atoms with Crippen molar-refractivity contribution in [2.75, 3.05) is 51.0 Å². The van der Waals surface area contributed by atoms with E-state index in [1.165, 1.54) is 24.0 Å². The molecule has 2 aromatic heterocycles. The molecule has 0 bridgehead atoms. The highest BCUT2D eigenvalue weighted by Gasteiger charge is 2.47. The molecule has 0 radical (unpaired) electrons. The van der Waals surface area contributed by atoms with Crippen LogP contribution in [0.2, 0.25) is 0 Å². The zero-order valence-electron chi connectivity index (χ0n) is 28.7. The minimum Gasteiger partial charge on any atom is -0.461 e. The summed E-state index contributed by atoms with van der Waals surface area (Å²) in [7, 11) is 3.38. The molecular formula is C35H42F4N8O3. The molecule has 4 aliphatic heterocycles. The summed E-state index contributed by atoms with van der Waals surface area (Å²) in [5.41, 5.74) is 9.09. The number of fused-ring (bicyclic) bond motifs is 3. The van der Waals surface area contributed by atoms with Crippen molar-refractivity contribution in [2.45, 2.75) is 83.5 Å². The molecule has 4 aliphatic rings. The van der Waals surface area contributed by atoms with E-state index in [4.69, 9.17) is 25.2 Å². The lowest BCUT2D eigenvalue weighted by molar-refractivity contribution is -0.140. The first-order valence-electron chi connectivity index (χ1n) is 17.0. The Hall–Kier alpha value is -4.24. The number of amides is 1. The number of halogens is 4. The molecule has 0 unspecified atom stereocenters. The molecule has 0 saturated carbocycles. The van der Waals surface area contributed by atoms with E-state index >= 15 is 0 Å². The van der Waals surface area contributed by atoms with Gasteiger partial charge in [-0.3, -0.25) is 14.4 Å². The molecule has 7 rings (SSSR count). The number of alkyl halides is 3. The quantitative estimate of drug-likeness (QED) is 0.271. The third-order valence-electron chi connectivity index (χ3n) is 10.6. The standard InChI is InChI=1S/C35H42F4N8O3/c1-20-11-23(40)12-24(29(20)35(37,38)39)28-13-26-25(18-49-28)31(42-33(41-26)50-19-34-7-5-9-46(34)16-22(14-34)15-36)45-8-6-10-47-27(17-45)21(2)30(43-47)32(48)44(3)4/h11-12,15,28H,5-10,13-14,16-19,40H2,1-4H3/b22-15-/t28-,34-/m0/s1. The first-order valence-corrected chi connectivity index (χ1v) is 17.0. The lowest BCUT2D eigenvalue weighted by atomic mass is 9.92. The van der Waals surface area contributed by atoms with Gasteiger partial charge < -0.3 is 25.0 Å². The average Bonchev–Trinajstić information content (AvgIpc) is 3.65. The molecule has 2 saturated heterocycles. The van der Waals surface area contributed by atoms with E-state index in [-0.39, 0.29) is 53.9 Å². The molecule has 2 fully saturated rings. The van der Waals surface area contributed by atoms with Crippen molar-refractivity contribution in [2.24, 2.45) is 0 Å². The van der Waals surface area contributed by atoms with Gasteiger partial charge in [-0.2, -0.15) is 28.2 Å². The number of aryl methyl sites for hydroxylation is 2. The van der Waals surface area contributed by atoms with Crippen LogP contribution in [0, 0.1) is 13.8 Å². The molecule has 2 atom stereocenters. The van der Waals surface area contributed by atoms with Gasteiger partial charge in [-0.05, 0) is 74.9 Å². The Labute approximate surface area is 288 Å². The molecule has 1 aromatic carbocycles. The Kier molecular flexibility index (Phi) is 8.78. The normalized spacial score (nSPS) is 23.1. The number of nitrogens with zero attached hydrogens (tertiary/aromatic N) is 7. The second-order valence-corrected chi connectivity index (χ2v) is 14.2. The first kappa shape index (κ1) is 34.2. The van der Waals surface area contributed by atoms with Gasteiger partial charge in [0.05, 0.1) is 48.1 Å². The SMILES string of the molecule is Cc1cc(N)cc([C@@H]2Cc3nc(OC[C@@]45CCCN4C/C(=C\F)C5)nc(N4CCCn5nc(C(=O)N(C)C)c(C)c5C4)c3CO2)c1C(F)(F)F. The molecule has 6 heterocycles. The lowest BCUT2D eigenvalue weighted by Crippen LogP contribution is -2.43. The number of rotatable bonds is 6. The number of benzene rings is 1. The Balaban J connectivity index is 1.27. The maximum Gasteiger partial charge on any atom is 0.417 e. The average molecular weight is 699 g/mol. The van der Waals surface area contributed by atoms with Crippen LogP contribution in [0.5, 0.6) is 6.01 Å². The maximum absolute atomic E-state index is 14.3. The summed E-state index contributed by atoms with van der Waals surface area (Å²) in [6.07, 6.45) is -1.76. The molecule has 0 aliphatic carbocycles. The molecule has 50 heavy (non-hydrogen) atoms. The van der Waals surface area contributed by atoms with Crippen molar-refractivity contribution in [3.63, 3.8) is 0 Å². The second-order valence-electron chi connectivity index (χ2n) is 14.2. The highest BCUT2D eigenvalue weighted by molar-refractivity contribution is 5.93. The molecule has 268 valence electrons. The molecule has 3 aromatic rings. The van der Waals surface area contributed by atoms with Crippen molar-refractivity contribution >= 4 is 17.4 Å². The fourth-order valence-corrected chi connectivity index (χ4v) is 8.13. The van der Waals surface area contributed by atoms with Crippen LogP contribution in [-0.2, 0) is 37.0 Å². The van der Waals surface area contributed by atoms with Gasteiger partial charge >= 0.3 is 12.2 Å². The van der Waals surface area contributed by atoms with Gasteiger partial charge in [0.1, 0.15) is 12.4 Å². The predicted molar refractivity (Wildman–Crippen MR) is 177 cm³/mol. The summed E-state index contributed by atoms with van der Waals surface area (Å²) in [4.78, 5) is 28.4. The topological polar surface area (TPSA) is 115 Å². The molecule has 11 nitrogen and oxygen atoms in total. The van der Waals surface area contributed by atoms with Crippen molar-refractivity contribution in [1.29, 1.82) is 0 Å². The number of ether oxygens (including phenoxy) is 2. The van der Waals surface area contributed by atoms with Crippen LogP contribution in [0.3, 0.4) is 0 Å². The van der Waals surface area contributed by atoms with Crippen LogP contribution in [0.15, 0.2) is 24.0 Å². The number of carbonyl (C=O) groups is 1. The van der Waals surface area contributed by atoms with Crippen LogP contribution in [0.25, 0.3) is 0 Å². The Morgan fingerprint density at radius 1 is 1.16 bits per heavy atom. The van der Waals surface area contributed by atoms with E-state index in [2.05, 4.69) is 14.9 Å². The maximum atomic E-state index is 14.3. The van der Waals surface area contributed by atoms with Gasteiger partial charge in [0, 0.05) is 57.0 Å². The largest absolute Gasteiger partial charge is 0.461 e. The Bertz CT molecular complexity index is 1860. The third kappa shape index (κ3) is 6.08. The van der Waals surface area contributed by atoms with Crippen molar-refractivity contribution in [3.05, 3.63) is 68.9 Å². The summed E-state index contributed by atoms with van der Waals surface area (Å²) >= 11 is 0. The number of anilines is 2. The molecule has 1 amide bonds. The van der Waals surface area contributed by atoms with Crippen LogP contribution < -0.4 is 15.4 Å². The number of nitrogens with two attached hydrogens (primary N) is 1. The summed E-state index contributed by atoms with van der Waals surface area (Å²) in [6, 6.07) is 2.76. The highest BCUT2D eigenvalue weighted by Crippen LogP contribution is 2.44. The van der Waals surface area contributed by atoms with Crippen LogP contribution in [0.1, 0.15) is 81.5 Å². The van der Waals surface area contributed by atoms with E-state index in [1.54, 1.807) is 14.1 Å².